The first-order chi connectivity index (χ1) is 17.9. The lowest BCUT2D eigenvalue weighted by atomic mass is 10.1. The van der Waals surface area contributed by atoms with Crippen molar-refractivity contribution in [3.05, 3.63) is 95.2 Å². The summed E-state index contributed by atoms with van der Waals surface area (Å²) in [5.74, 6) is -2.27. The Morgan fingerprint density at radius 1 is 1.03 bits per heavy atom. The zero-order valence-corrected chi connectivity index (χ0v) is 21.0. The first-order valence-corrected chi connectivity index (χ1v) is 12.7. The van der Waals surface area contributed by atoms with Crippen molar-refractivity contribution in [1.82, 2.24) is 9.97 Å². The summed E-state index contributed by atoms with van der Waals surface area (Å²) in [6, 6.07) is 13.5. The number of benzene rings is 2. The highest BCUT2D eigenvalue weighted by atomic mass is 32.2. The second-order valence-corrected chi connectivity index (χ2v) is 10.0. The van der Waals surface area contributed by atoms with Gasteiger partial charge in [0, 0.05) is 17.1 Å². The van der Waals surface area contributed by atoms with Crippen molar-refractivity contribution in [2.24, 2.45) is 0 Å². The van der Waals surface area contributed by atoms with Crippen molar-refractivity contribution >= 4 is 32.6 Å². The number of halogens is 4. The summed E-state index contributed by atoms with van der Waals surface area (Å²) in [4.78, 5) is 19.4. The van der Waals surface area contributed by atoms with Crippen LogP contribution in [0, 0.1) is 12.7 Å². The molecular formula is C26H21F4N3O4S. The SMILES string of the molecule is CCOC(=O)c1ccc(S(=O)(=O)N(Cc2ccc(F)c(C(F)(F)F)n2)c2ncc3ccccc3c2C)cc1. The summed E-state index contributed by atoms with van der Waals surface area (Å²) in [7, 11) is -4.45. The van der Waals surface area contributed by atoms with E-state index in [9.17, 15) is 30.8 Å². The minimum Gasteiger partial charge on any atom is -0.462 e. The summed E-state index contributed by atoms with van der Waals surface area (Å²) in [6.45, 7) is 2.72. The average molecular weight is 548 g/mol. The zero-order chi connectivity index (χ0) is 27.7. The molecule has 0 aliphatic heterocycles. The van der Waals surface area contributed by atoms with Crippen molar-refractivity contribution in [2.75, 3.05) is 10.9 Å². The summed E-state index contributed by atoms with van der Waals surface area (Å²) in [5, 5.41) is 1.41. The summed E-state index contributed by atoms with van der Waals surface area (Å²) >= 11 is 0. The van der Waals surface area contributed by atoms with Crippen LogP contribution >= 0.6 is 0 Å². The highest BCUT2D eigenvalue weighted by Gasteiger charge is 2.37. The zero-order valence-electron chi connectivity index (χ0n) is 20.2. The molecule has 0 atom stereocenters. The largest absolute Gasteiger partial charge is 0.462 e. The van der Waals surface area contributed by atoms with Gasteiger partial charge in [-0.1, -0.05) is 24.3 Å². The highest BCUT2D eigenvalue weighted by Crippen LogP contribution is 2.33. The fourth-order valence-corrected chi connectivity index (χ4v) is 5.29. The third-order valence-corrected chi connectivity index (χ3v) is 7.44. The maximum absolute atomic E-state index is 13.9. The smallest absolute Gasteiger partial charge is 0.436 e. The van der Waals surface area contributed by atoms with Crippen LogP contribution in [0.1, 0.15) is 34.2 Å². The number of pyridine rings is 2. The topological polar surface area (TPSA) is 89.5 Å². The van der Waals surface area contributed by atoms with Gasteiger partial charge in [-0.05, 0) is 55.6 Å². The average Bonchev–Trinajstić information content (AvgIpc) is 2.88. The molecule has 0 aliphatic carbocycles. The molecule has 4 rings (SSSR count). The van der Waals surface area contributed by atoms with Gasteiger partial charge in [-0.2, -0.15) is 13.2 Å². The van der Waals surface area contributed by atoms with Crippen molar-refractivity contribution < 1.29 is 35.5 Å². The van der Waals surface area contributed by atoms with E-state index >= 15 is 0 Å². The van der Waals surface area contributed by atoms with E-state index < -0.39 is 40.2 Å². The number of nitrogens with zero attached hydrogens (tertiary/aromatic N) is 3. The Morgan fingerprint density at radius 2 is 1.71 bits per heavy atom. The Hall–Kier alpha value is -4.06. The standard InChI is InChI=1S/C26H21F4N3O4S/c1-3-37-25(34)17-8-11-20(12-9-17)38(35,36)33(15-19-10-13-22(27)23(32-19)26(28,29)30)24-16(2)21-7-5-4-6-18(21)14-31-24/h4-14H,3,15H2,1-2H3. The number of alkyl halides is 3. The van der Waals surface area contributed by atoms with Gasteiger partial charge in [0.2, 0.25) is 0 Å². The van der Waals surface area contributed by atoms with Crippen LogP contribution in [0.25, 0.3) is 10.8 Å². The van der Waals surface area contributed by atoms with Crippen LogP contribution in [0.2, 0.25) is 0 Å². The van der Waals surface area contributed by atoms with Gasteiger partial charge < -0.3 is 4.74 Å². The van der Waals surface area contributed by atoms with Crippen LogP contribution in [0.5, 0.6) is 0 Å². The Balaban J connectivity index is 1.85. The van der Waals surface area contributed by atoms with Gasteiger partial charge in [-0.25, -0.2) is 31.9 Å². The summed E-state index contributed by atoms with van der Waals surface area (Å²) < 4.78 is 87.1. The predicted molar refractivity (Wildman–Crippen MR) is 131 cm³/mol. The predicted octanol–water partition coefficient (Wildman–Crippen LogP) is 5.67. The molecule has 0 bridgehead atoms. The maximum Gasteiger partial charge on any atom is 0.436 e. The molecule has 12 heteroatoms. The van der Waals surface area contributed by atoms with Crippen molar-refractivity contribution in [3.63, 3.8) is 0 Å². The van der Waals surface area contributed by atoms with E-state index in [0.717, 1.165) is 15.8 Å². The number of aromatic nitrogens is 2. The van der Waals surface area contributed by atoms with E-state index in [1.807, 2.05) is 0 Å². The molecule has 2 heterocycles. The van der Waals surface area contributed by atoms with E-state index in [2.05, 4.69) is 9.97 Å². The fourth-order valence-electron chi connectivity index (χ4n) is 3.85. The molecule has 2 aromatic heterocycles. The van der Waals surface area contributed by atoms with E-state index in [1.54, 1.807) is 38.1 Å². The number of aryl methyl sites for hydroxylation is 1. The van der Waals surface area contributed by atoms with Crippen LogP contribution in [0.3, 0.4) is 0 Å². The van der Waals surface area contributed by atoms with Gasteiger partial charge in [0.25, 0.3) is 10.0 Å². The van der Waals surface area contributed by atoms with Crippen molar-refractivity contribution in [2.45, 2.75) is 31.5 Å². The lowest BCUT2D eigenvalue weighted by molar-refractivity contribution is -0.143. The maximum atomic E-state index is 13.9. The van der Waals surface area contributed by atoms with E-state index in [1.165, 1.54) is 30.5 Å². The third-order valence-electron chi connectivity index (χ3n) is 5.69. The lowest BCUT2D eigenvalue weighted by Crippen LogP contribution is -2.32. The van der Waals surface area contributed by atoms with Crippen LogP contribution in [0.15, 0.2) is 71.8 Å². The minimum absolute atomic E-state index is 0.0437. The molecule has 2 aromatic carbocycles. The number of fused-ring (bicyclic) bond motifs is 1. The first kappa shape index (κ1) is 27.0. The van der Waals surface area contributed by atoms with Crippen LogP contribution in [-0.4, -0.2) is 31.0 Å². The number of carbonyl (C=O) groups is 1. The van der Waals surface area contributed by atoms with Gasteiger partial charge in [0.1, 0.15) is 5.82 Å². The van der Waals surface area contributed by atoms with Gasteiger partial charge >= 0.3 is 12.1 Å². The molecule has 0 saturated carbocycles. The molecule has 4 aromatic rings. The Bertz CT molecular complexity index is 1610. The van der Waals surface area contributed by atoms with Crippen molar-refractivity contribution in [1.29, 1.82) is 0 Å². The van der Waals surface area contributed by atoms with Gasteiger partial charge in [-0.3, -0.25) is 0 Å². The Morgan fingerprint density at radius 3 is 2.37 bits per heavy atom. The summed E-state index contributed by atoms with van der Waals surface area (Å²) in [6.07, 6.45) is -3.63. The summed E-state index contributed by atoms with van der Waals surface area (Å²) in [5.41, 5.74) is -1.53. The van der Waals surface area contributed by atoms with Crippen LogP contribution in [0.4, 0.5) is 23.4 Å². The molecular weight excluding hydrogens is 526 g/mol. The molecule has 0 aliphatic rings. The number of ether oxygens (including phenoxy) is 1. The van der Waals surface area contributed by atoms with Crippen LogP contribution < -0.4 is 4.31 Å². The number of hydrogen-bond donors (Lipinski definition) is 0. The molecule has 0 fully saturated rings. The number of rotatable bonds is 7. The molecule has 7 nitrogen and oxygen atoms in total. The Kier molecular flexibility index (Phi) is 7.36. The van der Waals surface area contributed by atoms with E-state index in [-0.39, 0.29) is 28.6 Å². The first-order valence-electron chi connectivity index (χ1n) is 11.3. The van der Waals surface area contributed by atoms with E-state index in [4.69, 9.17) is 4.74 Å². The normalized spacial score (nSPS) is 11.9. The fraction of sp³-hybridized carbons (Fsp3) is 0.192. The minimum atomic E-state index is -5.08. The molecule has 0 amide bonds. The molecule has 0 spiro atoms. The second-order valence-electron chi connectivity index (χ2n) is 8.18. The third kappa shape index (κ3) is 5.30. The second kappa shape index (κ2) is 10.4. The molecule has 0 radical (unpaired) electrons. The molecule has 0 unspecified atom stereocenters. The molecule has 0 N–H and O–H groups in total. The quantitative estimate of drug-likeness (QED) is 0.219. The molecule has 38 heavy (non-hydrogen) atoms. The molecule has 198 valence electrons. The Labute approximate surface area is 215 Å². The number of anilines is 1. The highest BCUT2D eigenvalue weighted by molar-refractivity contribution is 7.92. The number of esters is 1. The van der Waals surface area contributed by atoms with Crippen molar-refractivity contribution in [3.8, 4) is 0 Å². The van der Waals surface area contributed by atoms with E-state index in [0.29, 0.717) is 17.0 Å². The lowest BCUT2D eigenvalue weighted by Gasteiger charge is -2.25. The molecule has 0 saturated heterocycles. The number of hydrogen-bond acceptors (Lipinski definition) is 6. The van der Waals surface area contributed by atoms with Gasteiger partial charge in [-0.15, -0.1) is 0 Å². The van der Waals surface area contributed by atoms with Gasteiger partial charge in [0.05, 0.1) is 29.3 Å². The number of sulfonamides is 1. The van der Waals surface area contributed by atoms with Crippen LogP contribution in [-0.2, 0) is 27.5 Å². The number of carbonyl (C=O) groups excluding carboxylic acids is 1. The monoisotopic (exact) mass is 547 g/mol. The van der Waals surface area contributed by atoms with Gasteiger partial charge in [0.15, 0.2) is 11.5 Å².